The molecule has 144 valence electrons. The molecule has 0 saturated heterocycles. The Labute approximate surface area is 163 Å². The van der Waals surface area contributed by atoms with Crippen molar-refractivity contribution in [1.82, 2.24) is 0 Å². The van der Waals surface area contributed by atoms with Crippen LogP contribution < -0.4 is 9.47 Å². The van der Waals surface area contributed by atoms with E-state index in [1.807, 2.05) is 24.3 Å². The molecule has 0 aliphatic heterocycles. The van der Waals surface area contributed by atoms with Crippen LogP contribution in [0.4, 0.5) is 0 Å². The van der Waals surface area contributed by atoms with Crippen molar-refractivity contribution in [3.63, 3.8) is 0 Å². The first kappa shape index (κ1) is 19.2. The number of benzene rings is 2. The zero-order chi connectivity index (χ0) is 20.3. The lowest BCUT2D eigenvalue weighted by molar-refractivity contribution is -0.134. The quantitative estimate of drug-likeness (QED) is 0.757. The van der Waals surface area contributed by atoms with Crippen molar-refractivity contribution in [2.24, 2.45) is 0 Å². The molecule has 0 amide bonds. The van der Waals surface area contributed by atoms with Gasteiger partial charge in [0.05, 0.1) is 39.6 Å². The number of carbonyl (C=O) groups is 2. The molecule has 2 aromatic rings. The normalized spacial score (nSPS) is 16.0. The van der Waals surface area contributed by atoms with E-state index in [1.54, 1.807) is 24.3 Å². The monoisotopic (exact) mass is 380 g/mol. The highest BCUT2D eigenvalue weighted by Crippen LogP contribution is 2.43. The van der Waals surface area contributed by atoms with Gasteiger partial charge in [-0.3, -0.25) is 0 Å². The maximum Gasteiger partial charge on any atom is 0.338 e. The highest BCUT2D eigenvalue weighted by molar-refractivity contribution is 6.30. The van der Waals surface area contributed by atoms with Crippen LogP contribution in [0.3, 0.4) is 0 Å². The number of carbonyl (C=O) groups excluding carboxylic acids is 2. The fourth-order valence-corrected chi connectivity index (χ4v) is 3.21. The molecule has 2 aromatic carbocycles. The molecule has 28 heavy (non-hydrogen) atoms. The Balaban J connectivity index is 2.51. The highest BCUT2D eigenvalue weighted by atomic mass is 16.5. The van der Waals surface area contributed by atoms with E-state index in [0.29, 0.717) is 22.6 Å². The average Bonchev–Trinajstić information content (AvgIpc) is 2.73. The van der Waals surface area contributed by atoms with Crippen LogP contribution in [-0.4, -0.2) is 40.4 Å². The third kappa shape index (κ3) is 3.24. The first-order chi connectivity index (χ1) is 13.5. The van der Waals surface area contributed by atoms with Crippen LogP contribution in [0.5, 0.6) is 11.5 Å². The molecule has 6 heteroatoms. The fraction of sp³-hybridized carbons (Fsp3) is 0.182. The van der Waals surface area contributed by atoms with Crippen molar-refractivity contribution in [2.75, 3.05) is 28.4 Å². The van der Waals surface area contributed by atoms with Gasteiger partial charge in [0.2, 0.25) is 0 Å². The van der Waals surface area contributed by atoms with Gasteiger partial charge >= 0.3 is 11.9 Å². The zero-order valence-electron chi connectivity index (χ0n) is 16.1. The van der Waals surface area contributed by atoms with Crippen LogP contribution in [0.1, 0.15) is 22.3 Å². The lowest BCUT2D eigenvalue weighted by Gasteiger charge is -2.22. The smallest absolute Gasteiger partial charge is 0.338 e. The van der Waals surface area contributed by atoms with Crippen molar-refractivity contribution in [1.29, 1.82) is 0 Å². The molecule has 6 nitrogen and oxygen atoms in total. The molecule has 3 rings (SSSR count). The summed E-state index contributed by atoms with van der Waals surface area (Å²) in [5.74, 6) is -0.314. The van der Waals surface area contributed by atoms with Crippen LogP contribution in [0.2, 0.25) is 0 Å². The molecule has 1 aliphatic rings. The van der Waals surface area contributed by atoms with E-state index < -0.39 is 11.9 Å². The minimum Gasteiger partial charge on any atom is -0.496 e. The Morgan fingerprint density at radius 3 is 1.36 bits per heavy atom. The number of fused-ring (bicyclic) bond motifs is 2. The summed E-state index contributed by atoms with van der Waals surface area (Å²) in [6.45, 7) is 0. The lowest BCUT2D eigenvalue weighted by atomic mass is 9.87. The summed E-state index contributed by atoms with van der Waals surface area (Å²) < 4.78 is 21.0. The molecule has 0 spiro atoms. The fourth-order valence-electron chi connectivity index (χ4n) is 3.21. The summed E-state index contributed by atoms with van der Waals surface area (Å²) in [4.78, 5) is 25.4. The molecule has 0 atom stereocenters. The van der Waals surface area contributed by atoms with Crippen molar-refractivity contribution in [3.8, 4) is 11.5 Å². The Bertz CT molecular complexity index is 920. The van der Waals surface area contributed by atoms with E-state index in [-0.39, 0.29) is 11.1 Å². The predicted octanol–water partition coefficient (Wildman–Crippen LogP) is 3.44. The Morgan fingerprint density at radius 1 is 0.643 bits per heavy atom. The summed E-state index contributed by atoms with van der Waals surface area (Å²) in [6.07, 6.45) is 3.43. The average molecular weight is 380 g/mol. The molecule has 0 radical (unpaired) electrons. The molecule has 0 unspecified atom stereocenters. The van der Waals surface area contributed by atoms with Gasteiger partial charge in [-0.15, -0.1) is 0 Å². The van der Waals surface area contributed by atoms with Crippen molar-refractivity contribution < 1.29 is 28.5 Å². The molecule has 0 bridgehead atoms. The summed E-state index contributed by atoms with van der Waals surface area (Å²) in [5, 5.41) is 0. The number of rotatable bonds is 4. The van der Waals surface area contributed by atoms with Crippen LogP contribution in [-0.2, 0) is 19.1 Å². The van der Waals surface area contributed by atoms with Gasteiger partial charge in [-0.1, -0.05) is 24.3 Å². The standard InChI is InChI=1S/C22H20O6/c1-25-17-9-10-18(26-2)20-16(22(24)28-4)12-14-8-6-5-7-13(14)11-15(19(17)20)21(23)27-3/h5-12H,1-4H3/b13-11?,14-12?,15-11+,16-12+,19-15?,20-16?. The number of esters is 2. The number of hydrogen-bond donors (Lipinski definition) is 0. The highest BCUT2D eigenvalue weighted by Gasteiger charge is 2.30. The maximum atomic E-state index is 12.7. The second-order valence-electron chi connectivity index (χ2n) is 5.95. The van der Waals surface area contributed by atoms with Crippen LogP contribution in [0, 0.1) is 0 Å². The van der Waals surface area contributed by atoms with Gasteiger partial charge in [0.1, 0.15) is 11.5 Å². The second-order valence-corrected chi connectivity index (χ2v) is 5.95. The third-order valence-corrected chi connectivity index (χ3v) is 4.51. The number of methoxy groups -OCH3 is 4. The summed E-state index contributed by atoms with van der Waals surface area (Å²) in [7, 11) is 5.59. The van der Waals surface area contributed by atoms with E-state index in [4.69, 9.17) is 18.9 Å². The van der Waals surface area contributed by atoms with E-state index in [2.05, 4.69) is 0 Å². The third-order valence-electron chi connectivity index (χ3n) is 4.51. The van der Waals surface area contributed by atoms with Gasteiger partial charge in [0, 0.05) is 11.1 Å². The molecular weight excluding hydrogens is 360 g/mol. The molecule has 0 aromatic heterocycles. The van der Waals surface area contributed by atoms with Gasteiger partial charge in [-0.2, -0.15) is 0 Å². The van der Waals surface area contributed by atoms with Gasteiger partial charge in [-0.25, -0.2) is 9.59 Å². The minimum absolute atomic E-state index is 0.246. The molecule has 0 saturated carbocycles. The molecule has 0 N–H and O–H groups in total. The maximum absolute atomic E-state index is 12.7. The van der Waals surface area contributed by atoms with Gasteiger partial charge in [-0.05, 0) is 35.4 Å². The lowest BCUT2D eigenvalue weighted by Crippen LogP contribution is -2.13. The molecular formula is C22H20O6. The van der Waals surface area contributed by atoms with Crippen molar-refractivity contribution >= 4 is 35.2 Å². The van der Waals surface area contributed by atoms with E-state index in [1.165, 1.54) is 28.4 Å². The van der Waals surface area contributed by atoms with Crippen LogP contribution in [0.25, 0.3) is 23.3 Å². The Kier molecular flexibility index (Phi) is 5.49. The van der Waals surface area contributed by atoms with Crippen molar-refractivity contribution in [3.05, 3.63) is 58.7 Å². The zero-order valence-corrected chi connectivity index (χ0v) is 16.1. The topological polar surface area (TPSA) is 71.1 Å². The summed E-state index contributed by atoms with van der Waals surface area (Å²) in [5.41, 5.74) is 2.80. The van der Waals surface area contributed by atoms with Gasteiger partial charge in [0.15, 0.2) is 0 Å². The first-order valence-electron chi connectivity index (χ1n) is 8.50. The number of ether oxygens (including phenoxy) is 4. The summed E-state index contributed by atoms with van der Waals surface area (Å²) >= 11 is 0. The predicted molar refractivity (Wildman–Crippen MR) is 106 cm³/mol. The minimum atomic E-state index is -0.561. The Hall–Kier alpha value is -3.54. The first-order valence-corrected chi connectivity index (χ1v) is 8.50. The number of hydrogen-bond acceptors (Lipinski definition) is 6. The van der Waals surface area contributed by atoms with Crippen molar-refractivity contribution in [2.45, 2.75) is 0 Å². The molecule has 0 fully saturated rings. The molecule has 0 heterocycles. The van der Waals surface area contributed by atoms with Crippen LogP contribution in [0.15, 0.2) is 36.4 Å². The molecule has 1 aliphatic carbocycles. The largest absolute Gasteiger partial charge is 0.496 e. The Morgan fingerprint density at radius 2 is 1.04 bits per heavy atom. The van der Waals surface area contributed by atoms with E-state index in [0.717, 1.165) is 11.1 Å². The van der Waals surface area contributed by atoms with Crippen LogP contribution >= 0.6 is 0 Å². The van der Waals surface area contributed by atoms with Gasteiger partial charge < -0.3 is 18.9 Å². The SMILES string of the molecule is COC(=O)/C1=C/c2ccccc2/C=C(/C(=O)OC)c2c(OC)ccc(OC)c21. The second kappa shape index (κ2) is 8.00. The summed E-state index contributed by atoms with van der Waals surface area (Å²) in [6, 6.07) is 10.7. The van der Waals surface area contributed by atoms with Gasteiger partial charge in [0.25, 0.3) is 0 Å². The van der Waals surface area contributed by atoms with E-state index >= 15 is 0 Å². The van der Waals surface area contributed by atoms with E-state index in [9.17, 15) is 9.59 Å².